The number of rotatable bonds is 4. The van der Waals surface area contributed by atoms with Crippen LogP contribution in [0.25, 0.3) is 0 Å². The second-order valence-electron chi connectivity index (χ2n) is 6.10. The molecule has 1 aromatic carbocycles. The summed E-state index contributed by atoms with van der Waals surface area (Å²) in [6.07, 6.45) is -1.60. The van der Waals surface area contributed by atoms with Gasteiger partial charge in [0.2, 0.25) is 5.91 Å². The van der Waals surface area contributed by atoms with Crippen LogP contribution in [0.15, 0.2) is 24.3 Å². The highest BCUT2D eigenvalue weighted by Gasteiger charge is 2.32. The van der Waals surface area contributed by atoms with E-state index in [4.69, 9.17) is 0 Å². The number of hydrogen-bond donors (Lipinski definition) is 2. The number of hydrogen-bond acceptors (Lipinski definition) is 2. The van der Waals surface area contributed by atoms with Crippen molar-refractivity contribution in [2.75, 3.05) is 0 Å². The van der Waals surface area contributed by atoms with Crippen molar-refractivity contribution in [3.8, 4) is 0 Å². The van der Waals surface area contributed by atoms with E-state index >= 15 is 0 Å². The number of benzene rings is 1. The first-order valence-corrected chi connectivity index (χ1v) is 7.97. The lowest BCUT2D eigenvalue weighted by atomic mass is 9.90. The Labute approximate surface area is 133 Å². The number of halogens is 3. The number of aliphatic hydroxyl groups excluding tert-OH is 1. The van der Waals surface area contributed by atoms with Gasteiger partial charge in [-0.1, -0.05) is 25.1 Å². The van der Waals surface area contributed by atoms with E-state index in [9.17, 15) is 23.1 Å². The average molecular weight is 329 g/mol. The van der Waals surface area contributed by atoms with Gasteiger partial charge in [0, 0.05) is 6.04 Å². The third-order valence-corrected chi connectivity index (χ3v) is 4.38. The Bertz CT molecular complexity index is 537. The normalized spacial score (nSPS) is 23.3. The van der Waals surface area contributed by atoms with Crippen LogP contribution >= 0.6 is 0 Å². The van der Waals surface area contributed by atoms with Gasteiger partial charge in [-0.15, -0.1) is 0 Å². The van der Waals surface area contributed by atoms with Crippen molar-refractivity contribution in [1.29, 1.82) is 0 Å². The van der Waals surface area contributed by atoms with Gasteiger partial charge in [0.1, 0.15) is 0 Å². The summed E-state index contributed by atoms with van der Waals surface area (Å²) in [6, 6.07) is 4.96. The first kappa shape index (κ1) is 17.8. The van der Waals surface area contributed by atoms with Crippen molar-refractivity contribution in [2.45, 2.75) is 63.3 Å². The average Bonchev–Trinajstić information content (AvgIpc) is 2.50. The molecule has 1 atom stereocenters. The highest BCUT2D eigenvalue weighted by Crippen LogP contribution is 2.32. The molecule has 0 aromatic heterocycles. The van der Waals surface area contributed by atoms with Gasteiger partial charge < -0.3 is 10.4 Å². The zero-order valence-electron chi connectivity index (χ0n) is 13.1. The molecule has 3 nitrogen and oxygen atoms in total. The van der Waals surface area contributed by atoms with Crippen molar-refractivity contribution in [3.05, 3.63) is 35.4 Å². The first-order valence-electron chi connectivity index (χ1n) is 7.97. The molecule has 0 radical (unpaired) electrons. The molecular formula is C17H22F3NO2. The Balaban J connectivity index is 2.08. The van der Waals surface area contributed by atoms with Crippen molar-refractivity contribution in [1.82, 2.24) is 5.32 Å². The summed E-state index contributed by atoms with van der Waals surface area (Å²) >= 11 is 0. The van der Waals surface area contributed by atoms with Crippen LogP contribution in [0.3, 0.4) is 0 Å². The van der Waals surface area contributed by atoms with E-state index in [0.717, 1.165) is 12.1 Å². The summed E-state index contributed by atoms with van der Waals surface area (Å²) in [5.41, 5.74) is -0.349. The molecule has 0 spiro atoms. The number of nitrogens with one attached hydrogen (secondary N) is 1. The Kier molecular flexibility index (Phi) is 5.68. The third kappa shape index (κ3) is 4.70. The van der Waals surface area contributed by atoms with E-state index in [-0.39, 0.29) is 18.1 Å². The van der Waals surface area contributed by atoms with Crippen LogP contribution in [-0.2, 0) is 11.0 Å². The van der Waals surface area contributed by atoms with Gasteiger partial charge in [-0.2, -0.15) is 13.2 Å². The smallest absolute Gasteiger partial charge is 0.393 e. The number of aliphatic hydroxyl groups is 1. The first-order chi connectivity index (χ1) is 10.8. The van der Waals surface area contributed by atoms with Crippen LogP contribution in [0.1, 0.15) is 56.1 Å². The third-order valence-electron chi connectivity index (χ3n) is 4.38. The van der Waals surface area contributed by atoms with Gasteiger partial charge in [-0.3, -0.25) is 4.79 Å². The van der Waals surface area contributed by atoms with Gasteiger partial charge in [0.25, 0.3) is 0 Å². The zero-order chi connectivity index (χ0) is 17.0. The maximum atomic E-state index is 12.8. The molecule has 128 valence electrons. The van der Waals surface area contributed by atoms with Crippen LogP contribution in [0.2, 0.25) is 0 Å². The van der Waals surface area contributed by atoms with E-state index in [1.165, 1.54) is 6.07 Å². The minimum atomic E-state index is -4.41. The molecule has 2 N–H and O–H groups in total. The molecule has 2 rings (SSSR count). The highest BCUT2D eigenvalue weighted by atomic mass is 19.4. The lowest BCUT2D eigenvalue weighted by Gasteiger charge is -2.28. The topological polar surface area (TPSA) is 49.3 Å². The summed E-state index contributed by atoms with van der Waals surface area (Å²) in [6.45, 7) is 1.79. The minimum Gasteiger partial charge on any atom is -0.393 e. The predicted octanol–water partition coefficient (Wildman–Crippen LogP) is 3.62. The molecule has 1 aliphatic carbocycles. The predicted molar refractivity (Wildman–Crippen MR) is 80.9 cm³/mol. The summed E-state index contributed by atoms with van der Waals surface area (Å²) in [7, 11) is 0. The SMILES string of the molecule is CCC(C(=O)NC1CCC(O)CC1)c1cccc(C(F)(F)F)c1. The summed E-state index contributed by atoms with van der Waals surface area (Å²) < 4.78 is 38.5. The molecule has 23 heavy (non-hydrogen) atoms. The molecule has 6 heteroatoms. The number of carbonyl (C=O) groups is 1. The largest absolute Gasteiger partial charge is 0.416 e. The van der Waals surface area contributed by atoms with Crippen molar-refractivity contribution in [3.63, 3.8) is 0 Å². The van der Waals surface area contributed by atoms with E-state index in [1.54, 1.807) is 13.0 Å². The maximum Gasteiger partial charge on any atom is 0.416 e. The summed E-state index contributed by atoms with van der Waals surface area (Å²) in [4.78, 5) is 12.4. The molecule has 0 aliphatic heterocycles. The Morgan fingerprint density at radius 2 is 1.96 bits per heavy atom. The molecule has 1 amide bonds. The van der Waals surface area contributed by atoms with E-state index in [1.807, 2.05) is 0 Å². The second-order valence-corrected chi connectivity index (χ2v) is 6.10. The van der Waals surface area contributed by atoms with Gasteiger partial charge in [0.15, 0.2) is 0 Å². The highest BCUT2D eigenvalue weighted by molar-refractivity contribution is 5.83. The van der Waals surface area contributed by atoms with Crippen LogP contribution < -0.4 is 5.32 Å². The molecular weight excluding hydrogens is 307 g/mol. The Hall–Kier alpha value is -1.56. The molecule has 0 bridgehead atoms. The molecule has 1 unspecified atom stereocenters. The maximum absolute atomic E-state index is 12.8. The fourth-order valence-corrected chi connectivity index (χ4v) is 3.03. The van der Waals surface area contributed by atoms with E-state index in [2.05, 4.69) is 5.32 Å². The fourth-order valence-electron chi connectivity index (χ4n) is 3.03. The fraction of sp³-hybridized carbons (Fsp3) is 0.588. The van der Waals surface area contributed by atoms with Gasteiger partial charge in [-0.25, -0.2) is 0 Å². The van der Waals surface area contributed by atoms with Crippen LogP contribution in [0, 0.1) is 0 Å². The lowest BCUT2D eigenvalue weighted by Crippen LogP contribution is -2.41. The van der Waals surface area contributed by atoms with E-state index < -0.39 is 17.7 Å². The Morgan fingerprint density at radius 3 is 2.52 bits per heavy atom. The summed E-state index contributed by atoms with van der Waals surface area (Å²) in [5.74, 6) is -0.836. The summed E-state index contributed by atoms with van der Waals surface area (Å²) in [5, 5.41) is 12.4. The molecule has 0 saturated heterocycles. The molecule has 0 heterocycles. The van der Waals surface area contributed by atoms with Gasteiger partial charge in [0.05, 0.1) is 17.6 Å². The molecule has 1 aliphatic rings. The number of alkyl halides is 3. The van der Waals surface area contributed by atoms with Crippen LogP contribution in [-0.4, -0.2) is 23.2 Å². The quantitative estimate of drug-likeness (QED) is 0.886. The molecule has 1 aromatic rings. The Morgan fingerprint density at radius 1 is 1.30 bits per heavy atom. The lowest BCUT2D eigenvalue weighted by molar-refractivity contribution is -0.137. The van der Waals surface area contributed by atoms with Gasteiger partial charge >= 0.3 is 6.18 Å². The van der Waals surface area contributed by atoms with Crippen molar-refractivity contribution >= 4 is 5.91 Å². The van der Waals surface area contributed by atoms with Crippen molar-refractivity contribution in [2.24, 2.45) is 0 Å². The standard InChI is InChI=1S/C17H22F3NO2/c1-2-15(11-4-3-5-12(10-11)17(18,19)20)16(23)21-13-6-8-14(22)9-7-13/h3-5,10,13-15,22H,2,6-9H2,1H3,(H,21,23). The number of carbonyl (C=O) groups excluding carboxylic acids is 1. The molecule has 1 saturated carbocycles. The molecule has 1 fully saturated rings. The minimum absolute atomic E-state index is 0.00857. The van der Waals surface area contributed by atoms with Crippen LogP contribution in [0.5, 0.6) is 0 Å². The second kappa shape index (κ2) is 7.34. The van der Waals surface area contributed by atoms with Gasteiger partial charge in [-0.05, 0) is 43.7 Å². The monoisotopic (exact) mass is 329 g/mol. The zero-order valence-corrected chi connectivity index (χ0v) is 13.1. The van der Waals surface area contributed by atoms with Crippen LogP contribution in [0.4, 0.5) is 13.2 Å². The number of amides is 1. The van der Waals surface area contributed by atoms with Crippen molar-refractivity contribution < 1.29 is 23.1 Å². The van der Waals surface area contributed by atoms with E-state index in [0.29, 0.717) is 37.7 Å².